The van der Waals surface area contributed by atoms with Gasteiger partial charge >= 0.3 is 0 Å². The fourth-order valence-electron chi connectivity index (χ4n) is 18.8. The van der Waals surface area contributed by atoms with E-state index in [2.05, 4.69) is 472 Å². The molecule has 21 rings (SSSR count). The molecule has 0 fully saturated rings. The van der Waals surface area contributed by atoms with E-state index in [9.17, 15) is 0 Å². The van der Waals surface area contributed by atoms with E-state index < -0.39 is 0 Å². The lowest BCUT2D eigenvalue weighted by atomic mass is 9.81. The molecule has 4 nitrogen and oxygen atoms in total. The van der Waals surface area contributed by atoms with Gasteiger partial charge < -0.3 is 19.6 Å². The second-order valence-electron chi connectivity index (χ2n) is 32.0. The molecule has 0 heterocycles. The summed E-state index contributed by atoms with van der Waals surface area (Å²) in [7, 11) is 0. The number of benzene rings is 19. The molecule has 0 unspecified atom stereocenters. The first-order valence-corrected chi connectivity index (χ1v) is 40.3. The summed E-state index contributed by atoms with van der Waals surface area (Å²) in [6.07, 6.45) is 0. The SMILES string of the molecule is CC1(C)c2ccccc2-c2ccc(-c3ccc(N(c4ccccc4)c4ccc5c(-c6ccc(N(c7ccccc7)c7ccc8ccccc8c7)cc6)c6cc(N(c7ccccc7)c7ccc(-c8ccc9c(c8)C(C)(C)c8ccccc8-9)cc7)ccc6c(-c6ccc(N(c7ccccc7)c7ccc8ccccc8c7)cc6)c5c4)cc3)cc21. The molecule has 550 valence electrons. The molecule has 0 bridgehead atoms. The number of anilines is 12. The number of hydrogen-bond acceptors (Lipinski definition) is 4. The molecule has 0 spiro atoms. The quantitative estimate of drug-likeness (QED) is 0.0894. The first kappa shape index (κ1) is 69.4. The van der Waals surface area contributed by atoms with Crippen LogP contribution in [0.4, 0.5) is 68.2 Å². The van der Waals surface area contributed by atoms with Gasteiger partial charge in [0.05, 0.1) is 0 Å². The molecule has 0 saturated carbocycles. The second kappa shape index (κ2) is 28.3. The van der Waals surface area contributed by atoms with Crippen molar-refractivity contribution >= 4 is 111 Å². The van der Waals surface area contributed by atoms with Crippen LogP contribution in [0.5, 0.6) is 0 Å². The standard InChI is InChI=1S/C112H82N4/c1-111(2)105-39-23-21-37-97(105)99-65-51-83(71-107(99)111)77-41-53-89(54-42-77)115(87-33-13-7-14-34-87)95-63-67-101-103(73-95)109(79-47-57-91(58-48-79)113(85-29-9-5-10-30-85)93-61-45-75-25-17-19-27-81(75)69-93)102-68-64-96(74-104(102)110(101)80-49-59-92(60-50-80)114(86-31-11-6-12-32-86)94-62-46-76-26-18-20-28-82(76)70-94)116(88-35-15-8-16-36-88)90-55-43-78(44-56-90)84-52-66-100-98-38-22-24-40-106(98)112(3,4)108(100)72-84/h5-74H,1-4H3. The summed E-state index contributed by atoms with van der Waals surface area (Å²) >= 11 is 0. The van der Waals surface area contributed by atoms with Gasteiger partial charge in [0, 0.05) is 79.1 Å². The van der Waals surface area contributed by atoms with Gasteiger partial charge in [0.25, 0.3) is 0 Å². The van der Waals surface area contributed by atoms with Crippen LogP contribution in [0.2, 0.25) is 0 Å². The van der Waals surface area contributed by atoms with Crippen molar-refractivity contribution in [3.8, 4) is 66.8 Å². The van der Waals surface area contributed by atoms with Crippen LogP contribution in [-0.2, 0) is 10.8 Å². The minimum Gasteiger partial charge on any atom is -0.310 e. The van der Waals surface area contributed by atoms with Crippen molar-refractivity contribution in [1.82, 2.24) is 0 Å². The second-order valence-corrected chi connectivity index (χ2v) is 32.0. The normalized spacial score (nSPS) is 12.8. The minimum absolute atomic E-state index is 0.116. The lowest BCUT2D eigenvalue weighted by Crippen LogP contribution is -2.14. The lowest BCUT2D eigenvalue weighted by molar-refractivity contribution is 0.660. The Labute approximate surface area is 678 Å². The smallest absolute Gasteiger partial charge is 0.0468 e. The largest absolute Gasteiger partial charge is 0.310 e. The molecule has 116 heavy (non-hydrogen) atoms. The van der Waals surface area contributed by atoms with E-state index in [1.54, 1.807) is 0 Å². The summed E-state index contributed by atoms with van der Waals surface area (Å²) in [5.74, 6) is 0. The Hall–Kier alpha value is -14.6. The fraction of sp³-hybridized carbons (Fsp3) is 0.0536. The van der Waals surface area contributed by atoms with Crippen LogP contribution in [0.3, 0.4) is 0 Å². The molecule has 19 aromatic rings. The predicted octanol–water partition coefficient (Wildman–Crippen LogP) is 31.5. The maximum absolute atomic E-state index is 2.46. The van der Waals surface area contributed by atoms with E-state index in [4.69, 9.17) is 0 Å². The molecule has 4 heteroatoms. The third-order valence-electron chi connectivity index (χ3n) is 24.6. The van der Waals surface area contributed by atoms with Gasteiger partial charge in [-0.2, -0.15) is 0 Å². The zero-order valence-corrected chi connectivity index (χ0v) is 65.2. The molecule has 2 aliphatic rings. The zero-order chi connectivity index (χ0) is 77.6. The Balaban J connectivity index is 0.772. The predicted molar refractivity (Wildman–Crippen MR) is 492 cm³/mol. The Morgan fingerprint density at radius 3 is 0.750 bits per heavy atom. The molecule has 0 aliphatic heterocycles. The summed E-state index contributed by atoms with van der Waals surface area (Å²) in [6, 6.07) is 158. The van der Waals surface area contributed by atoms with Gasteiger partial charge in [0.1, 0.15) is 0 Å². The molecule has 0 saturated heterocycles. The highest BCUT2D eigenvalue weighted by Crippen LogP contribution is 2.54. The Bertz CT molecular complexity index is 6550. The molecule has 19 aromatic carbocycles. The highest BCUT2D eigenvalue weighted by molar-refractivity contribution is 6.23. The average Bonchev–Trinajstić information content (AvgIpc) is 1.05. The first-order valence-electron chi connectivity index (χ1n) is 40.3. The van der Waals surface area contributed by atoms with Gasteiger partial charge in [0.2, 0.25) is 0 Å². The summed E-state index contributed by atoms with van der Waals surface area (Å²) in [5.41, 5.74) is 32.5. The molecular weight excluding hydrogens is 1400 g/mol. The van der Waals surface area contributed by atoms with Crippen LogP contribution in [0.25, 0.3) is 110 Å². The number of fused-ring (bicyclic) bond motifs is 10. The van der Waals surface area contributed by atoms with Crippen molar-refractivity contribution in [3.63, 3.8) is 0 Å². The van der Waals surface area contributed by atoms with E-state index in [1.807, 2.05) is 0 Å². The number of hydrogen-bond donors (Lipinski definition) is 0. The van der Waals surface area contributed by atoms with Gasteiger partial charge in [-0.15, -0.1) is 0 Å². The van der Waals surface area contributed by atoms with Crippen LogP contribution in [0.15, 0.2) is 425 Å². The number of rotatable bonds is 16. The molecule has 0 atom stereocenters. The third kappa shape index (κ3) is 12.0. The van der Waals surface area contributed by atoms with Crippen LogP contribution in [-0.4, -0.2) is 0 Å². The Morgan fingerprint density at radius 2 is 0.405 bits per heavy atom. The van der Waals surface area contributed by atoms with Crippen LogP contribution < -0.4 is 19.6 Å². The van der Waals surface area contributed by atoms with Crippen molar-refractivity contribution in [2.75, 3.05) is 19.6 Å². The highest BCUT2D eigenvalue weighted by atomic mass is 15.2. The first-order chi connectivity index (χ1) is 57.0. The monoisotopic (exact) mass is 1480 g/mol. The molecule has 0 amide bonds. The number of para-hydroxylation sites is 4. The van der Waals surface area contributed by atoms with Gasteiger partial charge in [-0.25, -0.2) is 0 Å². The van der Waals surface area contributed by atoms with Gasteiger partial charge in [-0.05, 0) is 290 Å². The van der Waals surface area contributed by atoms with E-state index >= 15 is 0 Å². The highest BCUT2D eigenvalue weighted by Gasteiger charge is 2.37. The molecule has 0 N–H and O–H groups in total. The van der Waals surface area contributed by atoms with Crippen molar-refractivity contribution < 1.29 is 0 Å². The summed E-state index contributed by atoms with van der Waals surface area (Å²) < 4.78 is 0. The third-order valence-corrected chi connectivity index (χ3v) is 24.6. The van der Waals surface area contributed by atoms with Crippen molar-refractivity contribution in [2.45, 2.75) is 38.5 Å². The van der Waals surface area contributed by atoms with E-state index in [1.165, 1.54) is 88.3 Å². The Kier molecular flexibility index (Phi) is 16.9. The zero-order valence-electron chi connectivity index (χ0n) is 65.2. The van der Waals surface area contributed by atoms with Crippen molar-refractivity contribution in [3.05, 3.63) is 447 Å². The van der Waals surface area contributed by atoms with Gasteiger partial charge in [0.15, 0.2) is 0 Å². The summed E-state index contributed by atoms with van der Waals surface area (Å²) in [6.45, 7) is 9.45. The van der Waals surface area contributed by atoms with Crippen molar-refractivity contribution in [1.29, 1.82) is 0 Å². The molecule has 2 aliphatic carbocycles. The summed E-state index contributed by atoms with van der Waals surface area (Å²) in [5, 5.41) is 9.29. The van der Waals surface area contributed by atoms with Crippen LogP contribution in [0, 0.1) is 0 Å². The van der Waals surface area contributed by atoms with Crippen LogP contribution >= 0.6 is 0 Å². The molecule has 0 radical (unpaired) electrons. The summed E-state index contributed by atoms with van der Waals surface area (Å²) in [4.78, 5) is 9.62. The topological polar surface area (TPSA) is 13.0 Å². The minimum atomic E-state index is -0.116. The molecule has 0 aromatic heterocycles. The van der Waals surface area contributed by atoms with Crippen molar-refractivity contribution in [2.24, 2.45) is 0 Å². The van der Waals surface area contributed by atoms with E-state index in [0.717, 1.165) is 112 Å². The van der Waals surface area contributed by atoms with E-state index in [-0.39, 0.29) is 10.8 Å². The average molecular weight is 1480 g/mol. The van der Waals surface area contributed by atoms with Crippen LogP contribution in [0.1, 0.15) is 49.9 Å². The van der Waals surface area contributed by atoms with Gasteiger partial charge in [-0.3, -0.25) is 0 Å². The molecular formula is C112H82N4. The Morgan fingerprint density at radius 1 is 0.155 bits per heavy atom. The maximum Gasteiger partial charge on any atom is 0.0468 e. The lowest BCUT2D eigenvalue weighted by Gasteiger charge is -2.29. The maximum atomic E-state index is 2.46. The number of nitrogens with zero attached hydrogens (tertiary/aromatic N) is 4. The van der Waals surface area contributed by atoms with Gasteiger partial charge in [-0.1, -0.05) is 295 Å². The van der Waals surface area contributed by atoms with E-state index in [0.29, 0.717) is 0 Å². The fourth-order valence-corrected chi connectivity index (χ4v) is 18.8.